The van der Waals surface area contributed by atoms with Crippen LogP contribution in [0, 0.1) is 0 Å². The minimum absolute atomic E-state index is 0.0132. The van der Waals surface area contributed by atoms with Crippen molar-refractivity contribution >= 4 is 23.6 Å². The van der Waals surface area contributed by atoms with Gasteiger partial charge in [-0.1, -0.05) is 24.3 Å². The number of carbonyl (C=O) groups excluding carboxylic acids is 2. The second kappa shape index (κ2) is 8.54. The van der Waals surface area contributed by atoms with Crippen molar-refractivity contribution in [3.8, 4) is 5.75 Å². The molecule has 0 radical (unpaired) electrons. The first-order valence-electron chi connectivity index (χ1n) is 9.04. The zero-order valence-corrected chi connectivity index (χ0v) is 15.6. The summed E-state index contributed by atoms with van der Waals surface area (Å²) in [6, 6.07) is 15.5. The van der Waals surface area contributed by atoms with Crippen LogP contribution in [0.3, 0.4) is 0 Å². The molecule has 1 saturated carbocycles. The van der Waals surface area contributed by atoms with Crippen LogP contribution in [0.4, 0.5) is 5.69 Å². The third-order valence-electron chi connectivity index (χ3n) is 4.43. The van der Waals surface area contributed by atoms with Gasteiger partial charge in [0, 0.05) is 31.3 Å². The summed E-state index contributed by atoms with van der Waals surface area (Å²) in [5, 5.41) is 2.73. The van der Waals surface area contributed by atoms with Crippen molar-refractivity contribution in [3.05, 3.63) is 65.7 Å². The zero-order chi connectivity index (χ0) is 19.2. The minimum atomic E-state index is -0.105. The number of nitrogens with one attached hydrogen (secondary N) is 1. The molecule has 0 aliphatic heterocycles. The third-order valence-corrected chi connectivity index (χ3v) is 4.43. The highest BCUT2D eigenvalue weighted by molar-refractivity contribution is 5.92. The number of methoxy groups -OCH3 is 1. The maximum Gasteiger partial charge on any atom is 0.247 e. The van der Waals surface area contributed by atoms with E-state index in [1.54, 1.807) is 13.2 Å². The standard InChI is InChI=1S/C22H24N2O3/c1-16(25)23-19-8-3-17(4-9-19)7-14-22(26)24(20-10-11-20)15-18-5-12-21(27-2)13-6-18/h3-9,12-14,20H,10-11,15H2,1-2H3,(H,23,25)/b14-7+. The van der Waals surface area contributed by atoms with E-state index in [4.69, 9.17) is 4.74 Å². The Morgan fingerprint density at radius 1 is 1.11 bits per heavy atom. The molecule has 0 atom stereocenters. The Kier molecular flexibility index (Phi) is 5.91. The predicted octanol–water partition coefficient (Wildman–Crippen LogP) is 3.86. The molecule has 2 aromatic carbocycles. The normalized spacial score (nSPS) is 13.4. The van der Waals surface area contributed by atoms with Gasteiger partial charge in [-0.25, -0.2) is 0 Å². The van der Waals surface area contributed by atoms with Crippen LogP contribution in [0.25, 0.3) is 6.08 Å². The lowest BCUT2D eigenvalue weighted by Gasteiger charge is -2.21. The molecule has 1 N–H and O–H groups in total. The maximum absolute atomic E-state index is 12.7. The second-order valence-electron chi connectivity index (χ2n) is 6.68. The lowest BCUT2D eigenvalue weighted by Crippen LogP contribution is -2.31. The fraction of sp³-hybridized carbons (Fsp3) is 0.273. The molecule has 5 nitrogen and oxygen atoms in total. The summed E-state index contributed by atoms with van der Waals surface area (Å²) in [7, 11) is 1.64. The molecule has 2 amide bonds. The van der Waals surface area contributed by atoms with Crippen LogP contribution >= 0.6 is 0 Å². The Labute approximate surface area is 159 Å². The second-order valence-corrected chi connectivity index (χ2v) is 6.68. The van der Waals surface area contributed by atoms with Gasteiger partial charge in [0.1, 0.15) is 5.75 Å². The van der Waals surface area contributed by atoms with Gasteiger partial charge in [0.25, 0.3) is 0 Å². The van der Waals surface area contributed by atoms with E-state index < -0.39 is 0 Å². The van der Waals surface area contributed by atoms with Gasteiger partial charge in [0.05, 0.1) is 7.11 Å². The van der Waals surface area contributed by atoms with E-state index in [9.17, 15) is 9.59 Å². The Bertz CT molecular complexity index is 822. The van der Waals surface area contributed by atoms with Gasteiger partial charge >= 0.3 is 0 Å². The van der Waals surface area contributed by atoms with Gasteiger partial charge in [0.15, 0.2) is 0 Å². The molecule has 0 spiro atoms. The highest BCUT2D eigenvalue weighted by Gasteiger charge is 2.31. The van der Waals surface area contributed by atoms with Gasteiger partial charge in [-0.3, -0.25) is 9.59 Å². The number of ether oxygens (including phenoxy) is 1. The number of nitrogens with zero attached hydrogens (tertiary/aromatic N) is 1. The monoisotopic (exact) mass is 364 g/mol. The summed E-state index contributed by atoms with van der Waals surface area (Å²) in [4.78, 5) is 25.7. The van der Waals surface area contributed by atoms with Crippen LogP contribution in [0.1, 0.15) is 30.9 Å². The Hall–Kier alpha value is -3.08. The number of benzene rings is 2. The lowest BCUT2D eigenvalue weighted by molar-refractivity contribution is -0.127. The summed E-state index contributed by atoms with van der Waals surface area (Å²) >= 11 is 0. The first-order chi connectivity index (χ1) is 13.0. The molecule has 0 unspecified atom stereocenters. The maximum atomic E-state index is 12.7. The smallest absolute Gasteiger partial charge is 0.247 e. The van der Waals surface area contributed by atoms with Crippen LogP contribution in [-0.2, 0) is 16.1 Å². The molecule has 27 heavy (non-hydrogen) atoms. The van der Waals surface area contributed by atoms with Crippen molar-refractivity contribution in [2.75, 3.05) is 12.4 Å². The quantitative estimate of drug-likeness (QED) is 0.759. The molecule has 0 heterocycles. The van der Waals surface area contributed by atoms with Crippen LogP contribution in [-0.4, -0.2) is 29.9 Å². The Morgan fingerprint density at radius 3 is 2.33 bits per heavy atom. The number of hydrogen-bond acceptors (Lipinski definition) is 3. The molecule has 0 aromatic heterocycles. The average molecular weight is 364 g/mol. The van der Waals surface area contributed by atoms with Crippen molar-refractivity contribution in [2.45, 2.75) is 32.4 Å². The minimum Gasteiger partial charge on any atom is -0.497 e. The Morgan fingerprint density at radius 2 is 1.78 bits per heavy atom. The van der Waals surface area contributed by atoms with E-state index in [0.717, 1.165) is 35.4 Å². The van der Waals surface area contributed by atoms with E-state index in [0.29, 0.717) is 12.6 Å². The predicted molar refractivity (Wildman–Crippen MR) is 106 cm³/mol. The summed E-state index contributed by atoms with van der Waals surface area (Å²) in [5.74, 6) is 0.719. The lowest BCUT2D eigenvalue weighted by atomic mass is 10.1. The van der Waals surface area contributed by atoms with Gasteiger partial charge in [-0.05, 0) is 54.3 Å². The zero-order valence-electron chi connectivity index (χ0n) is 15.6. The Balaban J connectivity index is 1.64. The molecule has 140 valence electrons. The number of rotatable bonds is 7. The van der Waals surface area contributed by atoms with Gasteiger partial charge in [-0.15, -0.1) is 0 Å². The fourth-order valence-corrected chi connectivity index (χ4v) is 2.84. The van der Waals surface area contributed by atoms with Crippen molar-refractivity contribution < 1.29 is 14.3 Å². The van der Waals surface area contributed by atoms with Crippen LogP contribution in [0.5, 0.6) is 5.75 Å². The molecule has 1 fully saturated rings. The van der Waals surface area contributed by atoms with E-state index in [1.807, 2.05) is 59.5 Å². The fourth-order valence-electron chi connectivity index (χ4n) is 2.84. The number of anilines is 1. The third kappa shape index (κ3) is 5.45. The summed E-state index contributed by atoms with van der Waals surface area (Å²) in [5.41, 5.74) is 2.74. The topological polar surface area (TPSA) is 58.6 Å². The molecule has 1 aliphatic carbocycles. The molecule has 1 aliphatic rings. The van der Waals surface area contributed by atoms with Crippen molar-refractivity contribution in [1.82, 2.24) is 4.90 Å². The van der Waals surface area contributed by atoms with E-state index in [1.165, 1.54) is 6.92 Å². The van der Waals surface area contributed by atoms with Crippen LogP contribution in [0.15, 0.2) is 54.6 Å². The summed E-state index contributed by atoms with van der Waals surface area (Å²) < 4.78 is 5.18. The number of hydrogen-bond donors (Lipinski definition) is 1. The summed E-state index contributed by atoms with van der Waals surface area (Å²) in [6.07, 6.45) is 5.54. The largest absolute Gasteiger partial charge is 0.497 e. The van der Waals surface area contributed by atoms with Crippen molar-refractivity contribution in [3.63, 3.8) is 0 Å². The van der Waals surface area contributed by atoms with Crippen molar-refractivity contribution in [1.29, 1.82) is 0 Å². The molecule has 0 bridgehead atoms. The molecule has 2 aromatic rings. The van der Waals surface area contributed by atoms with Gasteiger partial charge in [0.2, 0.25) is 11.8 Å². The van der Waals surface area contributed by atoms with E-state index in [2.05, 4.69) is 5.32 Å². The van der Waals surface area contributed by atoms with E-state index >= 15 is 0 Å². The molecule has 5 heteroatoms. The first kappa shape index (κ1) is 18.7. The molecule has 0 saturated heterocycles. The molecular formula is C22H24N2O3. The number of carbonyl (C=O) groups is 2. The van der Waals surface area contributed by atoms with Gasteiger partial charge < -0.3 is 15.0 Å². The SMILES string of the molecule is COc1ccc(CN(C(=O)/C=C/c2ccc(NC(C)=O)cc2)C2CC2)cc1. The summed E-state index contributed by atoms with van der Waals surface area (Å²) in [6.45, 7) is 2.07. The highest BCUT2D eigenvalue weighted by Crippen LogP contribution is 2.29. The average Bonchev–Trinajstić information content (AvgIpc) is 3.50. The first-order valence-corrected chi connectivity index (χ1v) is 9.04. The molecule has 3 rings (SSSR count). The van der Waals surface area contributed by atoms with Crippen molar-refractivity contribution in [2.24, 2.45) is 0 Å². The van der Waals surface area contributed by atoms with Gasteiger partial charge in [-0.2, -0.15) is 0 Å². The van der Waals surface area contributed by atoms with Crippen LogP contribution < -0.4 is 10.1 Å². The molecular weight excluding hydrogens is 340 g/mol. The van der Waals surface area contributed by atoms with E-state index in [-0.39, 0.29) is 11.8 Å². The highest BCUT2D eigenvalue weighted by atomic mass is 16.5. The number of amides is 2. The van der Waals surface area contributed by atoms with Crippen LogP contribution in [0.2, 0.25) is 0 Å².